The van der Waals surface area contributed by atoms with Crippen molar-refractivity contribution in [3.8, 4) is 5.75 Å². The summed E-state index contributed by atoms with van der Waals surface area (Å²) in [6.07, 6.45) is 3.92. The fourth-order valence-corrected chi connectivity index (χ4v) is 1.51. The molecule has 2 nitrogen and oxygen atoms in total. The summed E-state index contributed by atoms with van der Waals surface area (Å²) in [5.74, 6) is 0.249. The molecule has 2 heteroatoms. The van der Waals surface area contributed by atoms with E-state index in [9.17, 15) is 9.90 Å². The van der Waals surface area contributed by atoms with Gasteiger partial charge in [0, 0.05) is 0 Å². The highest BCUT2D eigenvalue weighted by Gasteiger charge is 1.95. The lowest BCUT2D eigenvalue weighted by Gasteiger charge is -2.00. The summed E-state index contributed by atoms with van der Waals surface area (Å²) >= 11 is 0. The summed E-state index contributed by atoms with van der Waals surface area (Å²) < 4.78 is 0. The van der Waals surface area contributed by atoms with Gasteiger partial charge in [-0.25, -0.2) is 0 Å². The number of carbonyl (C=O) groups is 1. The largest absolute Gasteiger partial charge is 0.508 e. The Balaban J connectivity index is 2.54. The average molecular weight is 198 g/mol. The number of rotatable bonds is 2. The Hall–Kier alpha value is -2.09. The monoisotopic (exact) mass is 198 g/mol. The Morgan fingerprint density at radius 1 is 1.00 bits per heavy atom. The number of hydrogen-bond acceptors (Lipinski definition) is 2. The van der Waals surface area contributed by atoms with Gasteiger partial charge in [0.25, 0.3) is 0 Å². The molecule has 2 rings (SSSR count). The minimum Gasteiger partial charge on any atom is -0.508 e. The number of fused-ring (bicyclic) bond motifs is 1. The number of carbonyl (C=O) groups excluding carboxylic acids is 1. The molecule has 0 radical (unpaired) electrons. The molecule has 0 aliphatic rings. The second-order valence-electron chi connectivity index (χ2n) is 3.29. The number of aldehydes is 1. The van der Waals surface area contributed by atoms with E-state index < -0.39 is 0 Å². The van der Waals surface area contributed by atoms with Crippen molar-refractivity contribution in [1.82, 2.24) is 0 Å². The van der Waals surface area contributed by atoms with Crippen molar-refractivity contribution in [2.45, 2.75) is 0 Å². The highest BCUT2D eigenvalue weighted by atomic mass is 16.3. The van der Waals surface area contributed by atoms with Gasteiger partial charge >= 0.3 is 0 Å². The van der Waals surface area contributed by atoms with E-state index in [1.807, 2.05) is 24.3 Å². The molecule has 0 aliphatic heterocycles. The van der Waals surface area contributed by atoms with Gasteiger partial charge in [-0.2, -0.15) is 0 Å². The first-order valence-corrected chi connectivity index (χ1v) is 4.64. The van der Waals surface area contributed by atoms with Gasteiger partial charge in [-0.3, -0.25) is 4.79 Å². The first-order chi connectivity index (χ1) is 7.29. The van der Waals surface area contributed by atoms with Crippen molar-refractivity contribution in [3.05, 3.63) is 48.0 Å². The maximum Gasteiger partial charge on any atom is 0.142 e. The molecule has 0 amide bonds. The van der Waals surface area contributed by atoms with Crippen LogP contribution in [0.2, 0.25) is 0 Å². The summed E-state index contributed by atoms with van der Waals surface area (Å²) in [4.78, 5) is 10.2. The predicted octanol–water partition coefficient (Wildman–Crippen LogP) is 2.76. The van der Waals surface area contributed by atoms with Crippen LogP contribution in [0.3, 0.4) is 0 Å². The number of hydrogen-bond donors (Lipinski definition) is 1. The molecule has 0 heterocycles. The van der Waals surface area contributed by atoms with Crippen LogP contribution in [0.1, 0.15) is 5.56 Å². The summed E-state index contributed by atoms with van der Waals surface area (Å²) in [5.41, 5.74) is 0.945. The second kappa shape index (κ2) is 3.96. The van der Waals surface area contributed by atoms with Crippen LogP contribution in [-0.4, -0.2) is 11.4 Å². The van der Waals surface area contributed by atoms with Crippen LogP contribution in [0.25, 0.3) is 16.8 Å². The number of allylic oxidation sites excluding steroid dienone is 1. The summed E-state index contributed by atoms with van der Waals surface area (Å²) in [6.45, 7) is 0. The molecule has 0 spiro atoms. The summed E-state index contributed by atoms with van der Waals surface area (Å²) in [7, 11) is 0. The van der Waals surface area contributed by atoms with Crippen LogP contribution >= 0.6 is 0 Å². The smallest absolute Gasteiger partial charge is 0.142 e. The number of phenols is 1. The van der Waals surface area contributed by atoms with Gasteiger partial charge in [0.05, 0.1) is 0 Å². The van der Waals surface area contributed by atoms with Gasteiger partial charge in [0.15, 0.2) is 0 Å². The minimum atomic E-state index is 0.249. The average Bonchev–Trinajstić information content (AvgIpc) is 2.25. The van der Waals surface area contributed by atoms with Gasteiger partial charge in [-0.05, 0) is 40.6 Å². The molecule has 15 heavy (non-hydrogen) atoms. The van der Waals surface area contributed by atoms with Gasteiger partial charge < -0.3 is 5.11 Å². The van der Waals surface area contributed by atoms with E-state index in [0.717, 1.165) is 22.6 Å². The quantitative estimate of drug-likeness (QED) is 0.595. The molecule has 0 saturated carbocycles. The number of phenolic OH excluding ortho intramolecular Hbond substituents is 1. The first-order valence-electron chi connectivity index (χ1n) is 4.64. The Bertz CT molecular complexity index is 527. The van der Waals surface area contributed by atoms with E-state index in [0.29, 0.717) is 0 Å². The molecule has 0 aliphatic carbocycles. The Kier molecular flexibility index (Phi) is 2.50. The molecular formula is C13H10O2. The molecule has 0 atom stereocenters. The third-order valence-corrected chi connectivity index (χ3v) is 2.22. The lowest BCUT2D eigenvalue weighted by Crippen LogP contribution is -1.76. The van der Waals surface area contributed by atoms with Crippen molar-refractivity contribution >= 4 is 23.1 Å². The fraction of sp³-hybridized carbons (Fsp3) is 0. The number of benzene rings is 2. The maximum absolute atomic E-state index is 10.2. The zero-order valence-corrected chi connectivity index (χ0v) is 8.05. The molecule has 2 aromatic rings. The van der Waals surface area contributed by atoms with Crippen LogP contribution in [0.15, 0.2) is 42.5 Å². The zero-order valence-electron chi connectivity index (χ0n) is 8.05. The third-order valence-electron chi connectivity index (χ3n) is 2.22. The normalized spacial score (nSPS) is 10.9. The van der Waals surface area contributed by atoms with E-state index >= 15 is 0 Å². The SMILES string of the molecule is O=CC=Cc1ccc2ccc(O)cc2c1. The lowest BCUT2D eigenvalue weighted by atomic mass is 10.1. The van der Waals surface area contributed by atoms with Gasteiger partial charge in [-0.15, -0.1) is 0 Å². The highest BCUT2D eigenvalue weighted by Crippen LogP contribution is 2.21. The molecule has 2 aromatic carbocycles. The maximum atomic E-state index is 10.2. The van der Waals surface area contributed by atoms with Crippen molar-refractivity contribution in [3.63, 3.8) is 0 Å². The molecule has 74 valence electrons. The minimum absolute atomic E-state index is 0.249. The molecule has 0 aromatic heterocycles. The van der Waals surface area contributed by atoms with E-state index in [1.165, 1.54) is 6.08 Å². The van der Waals surface area contributed by atoms with Gasteiger partial charge in [0.2, 0.25) is 0 Å². The number of aromatic hydroxyl groups is 1. The second-order valence-corrected chi connectivity index (χ2v) is 3.29. The molecule has 0 bridgehead atoms. The third kappa shape index (κ3) is 2.05. The van der Waals surface area contributed by atoms with E-state index in [1.54, 1.807) is 18.2 Å². The Morgan fingerprint density at radius 3 is 2.60 bits per heavy atom. The van der Waals surface area contributed by atoms with E-state index in [-0.39, 0.29) is 5.75 Å². The molecule has 0 fully saturated rings. The van der Waals surface area contributed by atoms with Crippen LogP contribution in [0, 0.1) is 0 Å². The predicted molar refractivity (Wildman–Crippen MR) is 60.7 cm³/mol. The Labute approximate surface area is 87.5 Å². The lowest BCUT2D eigenvalue weighted by molar-refractivity contribution is -0.104. The molecule has 1 N–H and O–H groups in total. The zero-order chi connectivity index (χ0) is 10.7. The van der Waals surface area contributed by atoms with Crippen LogP contribution in [0.5, 0.6) is 5.75 Å². The standard InChI is InChI=1S/C13H10O2/c14-7-1-2-10-3-4-11-5-6-13(15)9-12(11)8-10/h1-9,15H. The summed E-state index contributed by atoms with van der Waals surface area (Å²) in [5, 5.41) is 11.3. The van der Waals surface area contributed by atoms with Crippen molar-refractivity contribution in [2.24, 2.45) is 0 Å². The summed E-state index contributed by atoms with van der Waals surface area (Å²) in [6, 6.07) is 11.0. The topological polar surface area (TPSA) is 37.3 Å². The van der Waals surface area contributed by atoms with Crippen molar-refractivity contribution in [2.75, 3.05) is 0 Å². The molecular weight excluding hydrogens is 188 g/mol. The van der Waals surface area contributed by atoms with Crippen molar-refractivity contribution < 1.29 is 9.90 Å². The van der Waals surface area contributed by atoms with Gasteiger partial charge in [-0.1, -0.05) is 24.3 Å². The highest BCUT2D eigenvalue weighted by molar-refractivity contribution is 5.86. The van der Waals surface area contributed by atoms with E-state index in [2.05, 4.69) is 0 Å². The van der Waals surface area contributed by atoms with Crippen molar-refractivity contribution in [1.29, 1.82) is 0 Å². The van der Waals surface area contributed by atoms with Gasteiger partial charge in [0.1, 0.15) is 12.0 Å². The van der Waals surface area contributed by atoms with E-state index in [4.69, 9.17) is 0 Å². The Morgan fingerprint density at radius 2 is 1.80 bits per heavy atom. The fourth-order valence-electron chi connectivity index (χ4n) is 1.51. The molecule has 0 saturated heterocycles. The molecule has 0 unspecified atom stereocenters. The van der Waals surface area contributed by atoms with Crippen LogP contribution in [-0.2, 0) is 4.79 Å². The van der Waals surface area contributed by atoms with Crippen LogP contribution in [0.4, 0.5) is 0 Å². The first kappa shape index (κ1) is 9.46. The van der Waals surface area contributed by atoms with Crippen LogP contribution < -0.4 is 0 Å².